The Morgan fingerprint density at radius 1 is 1.20 bits per heavy atom. The summed E-state index contributed by atoms with van der Waals surface area (Å²) in [6.07, 6.45) is 5.20. The lowest BCUT2D eigenvalue weighted by Gasteiger charge is -2.09. The number of aromatic nitrogens is 1. The van der Waals surface area contributed by atoms with E-state index in [1.54, 1.807) is 7.11 Å². The highest BCUT2D eigenvalue weighted by atomic mass is 16.5. The molecule has 20 heavy (non-hydrogen) atoms. The number of methoxy groups -OCH3 is 1. The van der Waals surface area contributed by atoms with Crippen LogP contribution in [0.1, 0.15) is 12.0 Å². The summed E-state index contributed by atoms with van der Waals surface area (Å²) in [7, 11) is 1.66. The van der Waals surface area contributed by atoms with Crippen molar-refractivity contribution >= 4 is 5.91 Å². The Morgan fingerprint density at radius 2 is 1.95 bits per heavy atom. The molecule has 0 saturated carbocycles. The lowest BCUT2D eigenvalue weighted by Crippen LogP contribution is -2.26. The third kappa shape index (κ3) is 4.16. The summed E-state index contributed by atoms with van der Waals surface area (Å²) in [4.78, 5) is 11.7. The first-order valence-corrected chi connectivity index (χ1v) is 6.79. The third-order valence-electron chi connectivity index (χ3n) is 3.17. The van der Waals surface area contributed by atoms with Crippen molar-refractivity contribution in [2.45, 2.75) is 19.4 Å². The SMILES string of the molecule is COc1ccccc1CCNC(=O)CCn1cccc1. The Labute approximate surface area is 119 Å². The number of para-hydroxylation sites is 1. The Morgan fingerprint density at radius 3 is 2.70 bits per heavy atom. The predicted molar refractivity (Wildman–Crippen MR) is 78.8 cm³/mol. The highest BCUT2D eigenvalue weighted by Crippen LogP contribution is 2.17. The zero-order chi connectivity index (χ0) is 14.2. The van der Waals surface area contributed by atoms with Gasteiger partial charge in [-0.15, -0.1) is 0 Å². The molecule has 1 aromatic carbocycles. The lowest BCUT2D eigenvalue weighted by atomic mass is 10.1. The fourth-order valence-electron chi connectivity index (χ4n) is 2.08. The molecule has 0 fully saturated rings. The van der Waals surface area contributed by atoms with Crippen molar-refractivity contribution in [3.8, 4) is 5.75 Å². The summed E-state index contributed by atoms with van der Waals surface area (Å²) in [5.41, 5.74) is 1.11. The van der Waals surface area contributed by atoms with E-state index in [1.165, 1.54) is 0 Å². The van der Waals surface area contributed by atoms with E-state index in [1.807, 2.05) is 53.4 Å². The summed E-state index contributed by atoms with van der Waals surface area (Å²) < 4.78 is 7.28. The molecule has 0 spiro atoms. The monoisotopic (exact) mass is 272 g/mol. The first-order chi connectivity index (χ1) is 9.79. The van der Waals surface area contributed by atoms with Gasteiger partial charge in [0, 0.05) is 31.9 Å². The van der Waals surface area contributed by atoms with Crippen molar-refractivity contribution < 1.29 is 9.53 Å². The molecule has 0 atom stereocenters. The summed E-state index contributed by atoms with van der Waals surface area (Å²) in [5.74, 6) is 0.947. The van der Waals surface area contributed by atoms with Crippen molar-refractivity contribution in [2.24, 2.45) is 0 Å². The molecule has 4 heteroatoms. The molecule has 1 amide bonds. The van der Waals surface area contributed by atoms with E-state index < -0.39 is 0 Å². The second kappa shape index (κ2) is 7.38. The molecule has 2 aromatic rings. The van der Waals surface area contributed by atoms with Gasteiger partial charge in [-0.1, -0.05) is 18.2 Å². The van der Waals surface area contributed by atoms with Crippen molar-refractivity contribution in [2.75, 3.05) is 13.7 Å². The van der Waals surface area contributed by atoms with Crippen molar-refractivity contribution in [3.63, 3.8) is 0 Å². The normalized spacial score (nSPS) is 10.2. The van der Waals surface area contributed by atoms with E-state index in [0.717, 1.165) is 17.7 Å². The van der Waals surface area contributed by atoms with Crippen LogP contribution in [-0.2, 0) is 17.8 Å². The minimum absolute atomic E-state index is 0.0774. The van der Waals surface area contributed by atoms with Gasteiger partial charge in [-0.3, -0.25) is 4.79 Å². The van der Waals surface area contributed by atoms with E-state index in [9.17, 15) is 4.79 Å². The zero-order valence-corrected chi connectivity index (χ0v) is 11.7. The molecule has 1 N–H and O–H groups in total. The standard InChI is InChI=1S/C16H20N2O2/c1-20-15-7-3-2-6-14(15)8-10-17-16(19)9-13-18-11-4-5-12-18/h2-7,11-12H,8-10,13H2,1H3,(H,17,19). The molecule has 1 aromatic heterocycles. The number of carbonyl (C=O) groups is 1. The zero-order valence-electron chi connectivity index (χ0n) is 11.7. The first kappa shape index (κ1) is 14.2. The second-order valence-electron chi connectivity index (χ2n) is 4.58. The fourth-order valence-corrected chi connectivity index (χ4v) is 2.08. The number of hydrogen-bond donors (Lipinski definition) is 1. The molecule has 4 nitrogen and oxygen atoms in total. The van der Waals surface area contributed by atoms with Crippen LogP contribution in [0.3, 0.4) is 0 Å². The van der Waals surface area contributed by atoms with Gasteiger partial charge in [0.25, 0.3) is 0 Å². The molecular formula is C16H20N2O2. The van der Waals surface area contributed by atoms with Gasteiger partial charge in [-0.2, -0.15) is 0 Å². The molecule has 0 aliphatic rings. The summed E-state index contributed by atoms with van der Waals surface area (Å²) >= 11 is 0. The van der Waals surface area contributed by atoms with Gasteiger partial charge in [0.2, 0.25) is 5.91 Å². The number of aryl methyl sites for hydroxylation is 1. The van der Waals surface area contributed by atoms with Crippen LogP contribution in [0.4, 0.5) is 0 Å². The van der Waals surface area contributed by atoms with E-state index in [0.29, 0.717) is 19.5 Å². The Balaban J connectivity index is 1.71. The van der Waals surface area contributed by atoms with Crippen molar-refractivity contribution in [1.82, 2.24) is 9.88 Å². The quantitative estimate of drug-likeness (QED) is 0.840. The molecule has 1 heterocycles. The topological polar surface area (TPSA) is 43.3 Å². The van der Waals surface area contributed by atoms with E-state index in [-0.39, 0.29) is 5.91 Å². The molecule has 2 rings (SSSR count). The van der Waals surface area contributed by atoms with Crippen molar-refractivity contribution in [1.29, 1.82) is 0 Å². The van der Waals surface area contributed by atoms with Crippen LogP contribution in [0, 0.1) is 0 Å². The molecule has 0 aliphatic carbocycles. The predicted octanol–water partition coefficient (Wildman–Crippen LogP) is 2.25. The fraction of sp³-hybridized carbons (Fsp3) is 0.312. The third-order valence-corrected chi connectivity index (χ3v) is 3.17. The van der Waals surface area contributed by atoms with Gasteiger partial charge >= 0.3 is 0 Å². The van der Waals surface area contributed by atoms with Crippen LogP contribution in [0.2, 0.25) is 0 Å². The lowest BCUT2D eigenvalue weighted by molar-refractivity contribution is -0.121. The number of benzene rings is 1. The van der Waals surface area contributed by atoms with E-state index in [2.05, 4.69) is 5.32 Å². The van der Waals surface area contributed by atoms with E-state index in [4.69, 9.17) is 4.74 Å². The molecular weight excluding hydrogens is 252 g/mol. The van der Waals surface area contributed by atoms with Gasteiger partial charge in [0.1, 0.15) is 5.75 Å². The average Bonchev–Trinajstić information content (AvgIpc) is 2.99. The number of carbonyl (C=O) groups excluding carboxylic acids is 1. The van der Waals surface area contributed by atoms with Crippen LogP contribution in [0.5, 0.6) is 5.75 Å². The largest absolute Gasteiger partial charge is 0.496 e. The molecule has 0 radical (unpaired) electrons. The van der Waals surface area contributed by atoms with Gasteiger partial charge < -0.3 is 14.6 Å². The second-order valence-corrected chi connectivity index (χ2v) is 4.58. The van der Waals surface area contributed by atoms with Gasteiger partial charge in [-0.25, -0.2) is 0 Å². The van der Waals surface area contributed by atoms with E-state index >= 15 is 0 Å². The maximum absolute atomic E-state index is 11.7. The molecule has 0 saturated heterocycles. The van der Waals surface area contributed by atoms with Crippen molar-refractivity contribution in [3.05, 3.63) is 54.4 Å². The molecule has 0 bridgehead atoms. The number of nitrogens with one attached hydrogen (secondary N) is 1. The summed E-state index contributed by atoms with van der Waals surface area (Å²) in [5, 5.41) is 2.94. The highest BCUT2D eigenvalue weighted by molar-refractivity contribution is 5.75. The number of hydrogen-bond acceptors (Lipinski definition) is 2. The molecule has 106 valence electrons. The number of ether oxygens (including phenoxy) is 1. The van der Waals surface area contributed by atoms with Gasteiger partial charge in [0.15, 0.2) is 0 Å². The van der Waals surface area contributed by atoms with Crippen LogP contribution >= 0.6 is 0 Å². The van der Waals surface area contributed by atoms with Gasteiger partial charge in [-0.05, 0) is 30.2 Å². The van der Waals surface area contributed by atoms with Crippen LogP contribution in [-0.4, -0.2) is 24.1 Å². The Hall–Kier alpha value is -2.23. The van der Waals surface area contributed by atoms with Crippen LogP contribution in [0.25, 0.3) is 0 Å². The van der Waals surface area contributed by atoms with Crippen LogP contribution < -0.4 is 10.1 Å². The number of nitrogens with zero attached hydrogens (tertiary/aromatic N) is 1. The number of amides is 1. The molecule has 0 unspecified atom stereocenters. The minimum atomic E-state index is 0.0774. The van der Waals surface area contributed by atoms with Crippen LogP contribution in [0.15, 0.2) is 48.8 Å². The maximum Gasteiger partial charge on any atom is 0.221 e. The first-order valence-electron chi connectivity index (χ1n) is 6.79. The highest BCUT2D eigenvalue weighted by Gasteiger charge is 2.04. The minimum Gasteiger partial charge on any atom is -0.496 e. The Bertz CT molecular complexity index is 535. The maximum atomic E-state index is 11.7. The Kier molecular flexibility index (Phi) is 5.24. The smallest absolute Gasteiger partial charge is 0.221 e. The summed E-state index contributed by atoms with van der Waals surface area (Å²) in [6.45, 7) is 1.35. The molecule has 0 aliphatic heterocycles. The average molecular weight is 272 g/mol. The van der Waals surface area contributed by atoms with Gasteiger partial charge in [0.05, 0.1) is 7.11 Å². The summed E-state index contributed by atoms with van der Waals surface area (Å²) in [6, 6.07) is 11.8. The number of rotatable bonds is 7.